The van der Waals surface area contributed by atoms with Crippen molar-refractivity contribution in [3.8, 4) is 0 Å². The lowest BCUT2D eigenvalue weighted by atomic mass is 10.1. The zero-order valence-electron chi connectivity index (χ0n) is 15.2. The van der Waals surface area contributed by atoms with Gasteiger partial charge in [-0.3, -0.25) is 14.5 Å². The van der Waals surface area contributed by atoms with Gasteiger partial charge in [-0.15, -0.1) is 11.3 Å². The summed E-state index contributed by atoms with van der Waals surface area (Å²) in [5, 5.41) is 5.88. The second-order valence-electron chi connectivity index (χ2n) is 6.56. The van der Waals surface area contributed by atoms with Gasteiger partial charge in [0, 0.05) is 26.2 Å². The van der Waals surface area contributed by atoms with Crippen molar-refractivity contribution in [2.45, 2.75) is 0 Å². The number of amides is 2. The van der Waals surface area contributed by atoms with Crippen LogP contribution in [0.15, 0.2) is 42.0 Å². The summed E-state index contributed by atoms with van der Waals surface area (Å²) in [6.45, 7) is 3.33. The molecule has 1 fully saturated rings. The molecule has 1 aliphatic rings. The summed E-state index contributed by atoms with van der Waals surface area (Å²) in [7, 11) is 0. The Bertz CT molecular complexity index is 1010. The predicted octanol–water partition coefficient (Wildman–Crippen LogP) is 1.55. The van der Waals surface area contributed by atoms with Gasteiger partial charge in [-0.1, -0.05) is 12.1 Å². The SMILES string of the molecule is NC(=O)c1ccccc1NC(=O)CN1CCN(c2ncnc3sccc23)CC1. The highest BCUT2D eigenvalue weighted by Crippen LogP contribution is 2.27. The van der Waals surface area contributed by atoms with Crippen molar-refractivity contribution in [3.63, 3.8) is 0 Å². The summed E-state index contributed by atoms with van der Waals surface area (Å²) in [5.74, 6) is 0.226. The number of benzene rings is 1. The molecule has 0 spiro atoms. The first kappa shape index (κ1) is 18.3. The van der Waals surface area contributed by atoms with Gasteiger partial charge in [-0.25, -0.2) is 9.97 Å². The second kappa shape index (κ2) is 7.91. The number of primary amides is 1. The molecule has 8 nitrogen and oxygen atoms in total. The number of carbonyl (C=O) groups excluding carboxylic acids is 2. The molecule has 4 rings (SSSR count). The van der Waals surface area contributed by atoms with Crippen molar-refractivity contribution in [2.75, 3.05) is 42.9 Å². The van der Waals surface area contributed by atoms with Crippen molar-refractivity contribution in [1.29, 1.82) is 0 Å². The molecule has 144 valence electrons. The Labute approximate surface area is 166 Å². The predicted molar refractivity (Wildman–Crippen MR) is 110 cm³/mol. The summed E-state index contributed by atoms with van der Waals surface area (Å²) < 4.78 is 0. The molecule has 9 heteroatoms. The summed E-state index contributed by atoms with van der Waals surface area (Å²) in [6.07, 6.45) is 1.60. The number of piperazine rings is 1. The van der Waals surface area contributed by atoms with E-state index in [4.69, 9.17) is 5.73 Å². The number of carbonyl (C=O) groups is 2. The average molecular weight is 396 g/mol. The number of rotatable bonds is 5. The standard InChI is InChI=1S/C19H20N6O2S/c20-17(27)13-3-1-2-4-15(13)23-16(26)11-24-6-8-25(9-7-24)18-14-5-10-28-19(14)22-12-21-18/h1-5,10,12H,6-9,11H2,(H2,20,27)(H,23,26). The van der Waals surface area contributed by atoms with Crippen LogP contribution >= 0.6 is 11.3 Å². The minimum atomic E-state index is -0.561. The van der Waals surface area contributed by atoms with Crippen molar-refractivity contribution in [3.05, 3.63) is 47.6 Å². The molecule has 0 unspecified atom stereocenters. The van der Waals surface area contributed by atoms with Crippen LogP contribution in [0.5, 0.6) is 0 Å². The zero-order valence-corrected chi connectivity index (χ0v) is 16.0. The Kier molecular flexibility index (Phi) is 5.18. The highest BCUT2D eigenvalue weighted by atomic mass is 32.1. The van der Waals surface area contributed by atoms with Crippen LogP contribution in [0.1, 0.15) is 10.4 Å². The third kappa shape index (κ3) is 3.80. The van der Waals surface area contributed by atoms with Gasteiger partial charge in [0.2, 0.25) is 5.91 Å². The number of para-hydroxylation sites is 1. The fraction of sp³-hybridized carbons (Fsp3) is 0.263. The minimum Gasteiger partial charge on any atom is -0.366 e. The third-order valence-corrected chi connectivity index (χ3v) is 5.57. The normalized spacial score (nSPS) is 14.9. The van der Waals surface area contributed by atoms with Crippen LogP contribution in [0.4, 0.5) is 11.5 Å². The quantitative estimate of drug-likeness (QED) is 0.678. The van der Waals surface area contributed by atoms with Gasteiger partial charge in [-0.2, -0.15) is 0 Å². The molecule has 3 heterocycles. The van der Waals surface area contributed by atoms with Crippen LogP contribution < -0.4 is 16.0 Å². The highest BCUT2D eigenvalue weighted by molar-refractivity contribution is 7.16. The zero-order chi connectivity index (χ0) is 19.5. The molecular weight excluding hydrogens is 376 g/mol. The van der Waals surface area contributed by atoms with Crippen LogP contribution in [0.3, 0.4) is 0 Å². The topological polar surface area (TPSA) is 104 Å². The van der Waals surface area contributed by atoms with Crippen LogP contribution in [-0.2, 0) is 4.79 Å². The first-order valence-electron chi connectivity index (χ1n) is 8.96. The number of hydrogen-bond donors (Lipinski definition) is 2. The largest absolute Gasteiger partial charge is 0.366 e. The summed E-state index contributed by atoms with van der Waals surface area (Å²) in [4.78, 5) is 37.9. The second-order valence-corrected chi connectivity index (χ2v) is 7.45. The van der Waals surface area contributed by atoms with E-state index in [0.29, 0.717) is 11.3 Å². The van der Waals surface area contributed by atoms with E-state index in [2.05, 4.69) is 25.1 Å². The van der Waals surface area contributed by atoms with Gasteiger partial charge in [0.05, 0.1) is 23.2 Å². The van der Waals surface area contributed by atoms with Crippen LogP contribution in [0.25, 0.3) is 10.2 Å². The smallest absolute Gasteiger partial charge is 0.250 e. The average Bonchev–Trinajstić information content (AvgIpc) is 3.18. The Morgan fingerprint density at radius 2 is 1.89 bits per heavy atom. The fourth-order valence-electron chi connectivity index (χ4n) is 3.35. The maximum Gasteiger partial charge on any atom is 0.250 e. The van der Waals surface area contributed by atoms with Crippen LogP contribution in [-0.4, -0.2) is 59.4 Å². The maximum absolute atomic E-state index is 12.4. The molecule has 28 heavy (non-hydrogen) atoms. The van der Waals surface area contributed by atoms with Gasteiger partial charge in [0.15, 0.2) is 0 Å². The lowest BCUT2D eigenvalue weighted by Gasteiger charge is -2.35. The fourth-order valence-corrected chi connectivity index (χ4v) is 4.07. The van der Waals surface area contributed by atoms with E-state index < -0.39 is 5.91 Å². The van der Waals surface area contributed by atoms with Crippen molar-refractivity contribution >= 4 is 44.9 Å². The van der Waals surface area contributed by atoms with Crippen molar-refractivity contribution in [1.82, 2.24) is 14.9 Å². The first-order chi connectivity index (χ1) is 13.6. The van der Waals surface area contributed by atoms with E-state index >= 15 is 0 Å². The number of nitrogens with two attached hydrogens (primary N) is 1. The van der Waals surface area contributed by atoms with E-state index in [1.165, 1.54) is 0 Å². The Morgan fingerprint density at radius 1 is 1.11 bits per heavy atom. The summed E-state index contributed by atoms with van der Waals surface area (Å²) >= 11 is 1.60. The lowest BCUT2D eigenvalue weighted by Crippen LogP contribution is -2.49. The van der Waals surface area contributed by atoms with Crippen LogP contribution in [0.2, 0.25) is 0 Å². The van der Waals surface area contributed by atoms with Crippen molar-refractivity contribution in [2.24, 2.45) is 5.73 Å². The number of thiophene rings is 1. The molecule has 0 radical (unpaired) electrons. The molecule has 0 aliphatic carbocycles. The van der Waals surface area contributed by atoms with Gasteiger partial charge < -0.3 is 16.0 Å². The third-order valence-electron chi connectivity index (χ3n) is 4.75. The molecule has 1 saturated heterocycles. The maximum atomic E-state index is 12.4. The van der Waals surface area contributed by atoms with E-state index in [1.54, 1.807) is 41.9 Å². The number of nitrogens with one attached hydrogen (secondary N) is 1. The summed E-state index contributed by atoms with van der Waals surface area (Å²) in [6, 6.07) is 8.80. The van der Waals surface area contributed by atoms with Crippen LogP contribution in [0, 0.1) is 0 Å². The summed E-state index contributed by atoms with van der Waals surface area (Å²) in [5.41, 5.74) is 6.11. The number of nitrogens with zero attached hydrogens (tertiary/aromatic N) is 4. The number of hydrogen-bond acceptors (Lipinski definition) is 7. The molecule has 1 aliphatic heterocycles. The number of fused-ring (bicyclic) bond motifs is 1. The molecule has 0 saturated carbocycles. The highest BCUT2D eigenvalue weighted by Gasteiger charge is 2.22. The molecule has 3 N–H and O–H groups in total. The molecule has 0 atom stereocenters. The van der Waals surface area contributed by atoms with E-state index in [0.717, 1.165) is 42.2 Å². The van der Waals surface area contributed by atoms with Gasteiger partial charge in [0.1, 0.15) is 17.0 Å². The van der Waals surface area contributed by atoms with E-state index in [-0.39, 0.29) is 12.5 Å². The Morgan fingerprint density at radius 3 is 2.68 bits per heavy atom. The van der Waals surface area contributed by atoms with Gasteiger partial charge in [-0.05, 0) is 23.6 Å². The van der Waals surface area contributed by atoms with Crippen molar-refractivity contribution < 1.29 is 9.59 Å². The van der Waals surface area contributed by atoms with Gasteiger partial charge in [0.25, 0.3) is 5.91 Å². The number of aromatic nitrogens is 2. The molecule has 1 aromatic carbocycles. The van der Waals surface area contributed by atoms with E-state index in [1.807, 2.05) is 11.4 Å². The molecule has 3 aromatic rings. The Balaban J connectivity index is 1.35. The molecule has 0 bridgehead atoms. The van der Waals surface area contributed by atoms with E-state index in [9.17, 15) is 9.59 Å². The first-order valence-corrected chi connectivity index (χ1v) is 9.84. The molecule has 2 aromatic heterocycles. The Hall–Kier alpha value is -3.04. The lowest BCUT2D eigenvalue weighted by molar-refractivity contribution is -0.117. The number of anilines is 2. The monoisotopic (exact) mass is 396 g/mol. The molecule has 2 amide bonds. The van der Waals surface area contributed by atoms with Gasteiger partial charge >= 0.3 is 0 Å². The minimum absolute atomic E-state index is 0.163. The molecular formula is C19H20N6O2S.